The fourth-order valence-electron chi connectivity index (χ4n) is 2.45. The first-order valence-corrected chi connectivity index (χ1v) is 7.65. The van der Waals surface area contributed by atoms with Crippen LogP contribution in [0.1, 0.15) is 18.4 Å². The second-order valence-corrected chi connectivity index (χ2v) is 5.88. The number of rotatable bonds is 3. The van der Waals surface area contributed by atoms with Crippen LogP contribution in [0, 0.1) is 0 Å². The number of nitrogens with zero attached hydrogens (tertiary/aromatic N) is 2. The molecule has 0 radical (unpaired) electrons. The van der Waals surface area contributed by atoms with Crippen molar-refractivity contribution in [2.45, 2.75) is 19.4 Å². The second-order valence-electron chi connectivity index (χ2n) is 4.80. The molecular weight excluding hydrogens is 313 g/mol. The quantitative estimate of drug-likeness (QED) is 0.915. The number of benzene rings is 1. The molecule has 0 spiro atoms. The number of anilines is 1. The summed E-state index contributed by atoms with van der Waals surface area (Å²) in [5, 5.41) is 4.49. The molecule has 1 aromatic rings. The van der Waals surface area contributed by atoms with Gasteiger partial charge in [-0.2, -0.15) is 0 Å². The molecule has 20 heavy (non-hydrogen) atoms. The molecule has 1 fully saturated rings. The first-order valence-electron chi connectivity index (χ1n) is 6.66. The Bertz CT molecular complexity index is 448. The number of nitrogens with one attached hydrogen (secondary N) is 1. The Kier molecular flexibility index (Phi) is 7.74. The Balaban J connectivity index is 0.000001000. The van der Waals surface area contributed by atoms with Crippen LogP contribution >= 0.6 is 36.6 Å². The molecule has 1 N–H and O–H groups in total. The molecule has 2 heterocycles. The number of hydrogen-bond donors (Lipinski definition) is 1. The van der Waals surface area contributed by atoms with Crippen molar-refractivity contribution in [3.63, 3.8) is 0 Å². The number of amidine groups is 1. The summed E-state index contributed by atoms with van der Waals surface area (Å²) in [5.74, 6) is 1.13. The van der Waals surface area contributed by atoms with Crippen LogP contribution in [-0.4, -0.2) is 35.5 Å². The molecule has 3 rings (SSSR count). The van der Waals surface area contributed by atoms with Gasteiger partial charge in [0.25, 0.3) is 0 Å². The van der Waals surface area contributed by atoms with Crippen LogP contribution in [0.15, 0.2) is 29.3 Å². The lowest BCUT2D eigenvalue weighted by molar-refractivity contribution is 0.362. The van der Waals surface area contributed by atoms with E-state index in [0.29, 0.717) is 0 Å². The zero-order valence-electron chi connectivity index (χ0n) is 11.4. The summed E-state index contributed by atoms with van der Waals surface area (Å²) in [6.07, 6.45) is 2.74. The maximum Gasteiger partial charge on any atom is 0.161 e. The highest BCUT2D eigenvalue weighted by molar-refractivity contribution is 8.14. The van der Waals surface area contributed by atoms with Crippen molar-refractivity contribution < 1.29 is 0 Å². The molecule has 0 atom stereocenters. The summed E-state index contributed by atoms with van der Waals surface area (Å²) in [7, 11) is 0. The third kappa shape index (κ3) is 4.55. The highest BCUT2D eigenvalue weighted by atomic mass is 35.5. The average Bonchev–Trinajstić information content (AvgIpc) is 2.92. The third-order valence-electron chi connectivity index (χ3n) is 3.50. The van der Waals surface area contributed by atoms with E-state index < -0.39 is 0 Å². The Morgan fingerprint density at radius 2 is 1.90 bits per heavy atom. The van der Waals surface area contributed by atoms with Crippen molar-refractivity contribution in [1.82, 2.24) is 4.90 Å². The van der Waals surface area contributed by atoms with Gasteiger partial charge in [-0.15, -0.1) is 24.8 Å². The minimum atomic E-state index is 0. The predicted molar refractivity (Wildman–Crippen MR) is 93.8 cm³/mol. The molecule has 0 amide bonds. The fraction of sp³-hybridized carbons (Fsp3) is 0.500. The molecule has 0 unspecified atom stereocenters. The number of aliphatic imine (C=N–C) groups is 1. The van der Waals surface area contributed by atoms with Crippen LogP contribution in [0.4, 0.5) is 5.69 Å². The van der Waals surface area contributed by atoms with E-state index in [-0.39, 0.29) is 24.8 Å². The van der Waals surface area contributed by atoms with Crippen molar-refractivity contribution in [2.24, 2.45) is 4.99 Å². The number of fused-ring (bicyclic) bond motifs is 1. The fourth-order valence-corrected chi connectivity index (χ4v) is 3.33. The van der Waals surface area contributed by atoms with Crippen molar-refractivity contribution in [3.8, 4) is 0 Å². The van der Waals surface area contributed by atoms with Gasteiger partial charge < -0.3 is 10.2 Å². The van der Waals surface area contributed by atoms with Gasteiger partial charge in [0.1, 0.15) is 0 Å². The first kappa shape index (κ1) is 17.6. The Morgan fingerprint density at radius 1 is 1.15 bits per heavy atom. The molecule has 3 nitrogen and oxygen atoms in total. The minimum absolute atomic E-state index is 0. The molecule has 0 aliphatic carbocycles. The summed E-state index contributed by atoms with van der Waals surface area (Å²) in [4.78, 5) is 7.13. The van der Waals surface area contributed by atoms with E-state index >= 15 is 0 Å². The van der Waals surface area contributed by atoms with Crippen LogP contribution in [0.25, 0.3) is 0 Å². The van der Waals surface area contributed by atoms with Crippen molar-refractivity contribution in [2.75, 3.05) is 30.7 Å². The van der Waals surface area contributed by atoms with Gasteiger partial charge in [-0.1, -0.05) is 30.0 Å². The van der Waals surface area contributed by atoms with Gasteiger partial charge in [0.05, 0.1) is 6.54 Å². The summed E-state index contributed by atoms with van der Waals surface area (Å²) in [6.45, 7) is 4.56. The lowest BCUT2D eigenvalue weighted by Crippen LogP contribution is -2.23. The third-order valence-corrected chi connectivity index (χ3v) is 4.39. The highest BCUT2D eigenvalue weighted by Crippen LogP contribution is 2.23. The summed E-state index contributed by atoms with van der Waals surface area (Å²) >= 11 is 1.85. The SMILES string of the molecule is Cl.Cl.c1ccc2c(c1)CN=C(SCCN1CCCC1)N2. The zero-order valence-corrected chi connectivity index (χ0v) is 13.8. The van der Waals surface area contributed by atoms with E-state index in [0.717, 1.165) is 17.5 Å². The molecule has 2 aliphatic heterocycles. The Morgan fingerprint density at radius 3 is 2.70 bits per heavy atom. The van der Waals surface area contributed by atoms with Gasteiger partial charge >= 0.3 is 0 Å². The highest BCUT2D eigenvalue weighted by Gasteiger charge is 2.13. The van der Waals surface area contributed by atoms with Crippen molar-refractivity contribution in [1.29, 1.82) is 0 Å². The van der Waals surface area contributed by atoms with E-state index in [1.165, 1.54) is 43.7 Å². The van der Waals surface area contributed by atoms with Gasteiger partial charge in [0, 0.05) is 18.0 Å². The van der Waals surface area contributed by atoms with Gasteiger partial charge in [-0.25, -0.2) is 0 Å². The van der Waals surface area contributed by atoms with E-state index in [2.05, 4.69) is 39.5 Å². The zero-order chi connectivity index (χ0) is 12.2. The monoisotopic (exact) mass is 333 g/mol. The van der Waals surface area contributed by atoms with Crippen molar-refractivity contribution >= 4 is 47.4 Å². The maximum atomic E-state index is 4.58. The lowest BCUT2D eigenvalue weighted by atomic mass is 10.1. The maximum absolute atomic E-state index is 4.58. The van der Waals surface area contributed by atoms with Crippen molar-refractivity contribution in [3.05, 3.63) is 29.8 Å². The van der Waals surface area contributed by atoms with Crippen LogP contribution in [-0.2, 0) is 6.54 Å². The number of likely N-dealkylation sites (tertiary alicyclic amines) is 1. The molecule has 6 heteroatoms. The topological polar surface area (TPSA) is 27.6 Å². The molecule has 2 aliphatic rings. The smallest absolute Gasteiger partial charge is 0.161 e. The van der Waals surface area contributed by atoms with Crippen LogP contribution < -0.4 is 5.32 Å². The van der Waals surface area contributed by atoms with E-state index in [1.54, 1.807) is 0 Å². The molecule has 1 aromatic carbocycles. The van der Waals surface area contributed by atoms with E-state index in [1.807, 2.05) is 11.8 Å². The second kappa shape index (κ2) is 8.78. The number of halogens is 2. The predicted octanol–water partition coefficient (Wildman–Crippen LogP) is 3.64. The number of para-hydroxylation sites is 1. The standard InChI is InChI=1S/C14H19N3S.2ClH/c1-2-6-13-12(5-1)11-15-14(16-13)18-10-9-17-7-3-4-8-17;;/h1-2,5-6H,3-4,7-11H2,(H,15,16);2*1H. The van der Waals surface area contributed by atoms with Crippen LogP contribution in [0.3, 0.4) is 0 Å². The normalized spacial score (nSPS) is 17.3. The van der Waals surface area contributed by atoms with Crippen LogP contribution in [0.5, 0.6) is 0 Å². The Labute approximate surface area is 137 Å². The molecule has 0 aromatic heterocycles. The molecule has 1 saturated heterocycles. The average molecular weight is 334 g/mol. The van der Waals surface area contributed by atoms with E-state index in [9.17, 15) is 0 Å². The molecule has 0 saturated carbocycles. The molecular formula is C14H21Cl2N3S. The van der Waals surface area contributed by atoms with Crippen LogP contribution in [0.2, 0.25) is 0 Å². The number of hydrogen-bond acceptors (Lipinski definition) is 4. The summed E-state index contributed by atoms with van der Waals surface area (Å²) in [6, 6.07) is 8.41. The molecule has 0 bridgehead atoms. The van der Waals surface area contributed by atoms with Gasteiger partial charge in [-0.3, -0.25) is 4.99 Å². The van der Waals surface area contributed by atoms with Gasteiger partial charge in [0.2, 0.25) is 0 Å². The summed E-state index contributed by atoms with van der Waals surface area (Å²) < 4.78 is 0. The van der Waals surface area contributed by atoms with Gasteiger partial charge in [-0.05, 0) is 37.6 Å². The Hall–Kier alpha value is -0.420. The molecule has 112 valence electrons. The largest absolute Gasteiger partial charge is 0.335 e. The lowest BCUT2D eigenvalue weighted by Gasteiger charge is -2.19. The van der Waals surface area contributed by atoms with E-state index in [4.69, 9.17) is 0 Å². The first-order chi connectivity index (χ1) is 8.92. The van der Waals surface area contributed by atoms with Gasteiger partial charge in [0.15, 0.2) is 5.17 Å². The minimum Gasteiger partial charge on any atom is -0.335 e. The summed E-state index contributed by atoms with van der Waals surface area (Å²) in [5.41, 5.74) is 2.51. The number of thioether (sulfide) groups is 1.